The molecular formula is C11H11F3N2O4. The fourth-order valence-corrected chi connectivity index (χ4v) is 1.30. The molecule has 0 radical (unpaired) electrons. The van der Waals surface area contributed by atoms with E-state index in [-0.39, 0.29) is 5.69 Å². The second-order valence-corrected chi connectivity index (χ2v) is 3.96. The normalized spacial score (nSPS) is 14.4. The standard InChI is InChI=1S/C11H11F3N2O4/c1-5(17)8(10(19)20)16-9(18)7-3-2-6(4-15-7)11(12,13)14/h2-5,8,17H,1H3,(H,16,18)(H,19,20)/t5-,8+/m1/s1. The van der Waals surface area contributed by atoms with Crippen molar-refractivity contribution in [3.63, 3.8) is 0 Å². The summed E-state index contributed by atoms with van der Waals surface area (Å²) in [7, 11) is 0. The first-order valence-corrected chi connectivity index (χ1v) is 5.38. The van der Waals surface area contributed by atoms with E-state index in [4.69, 9.17) is 10.2 Å². The fourth-order valence-electron chi connectivity index (χ4n) is 1.30. The number of nitrogens with one attached hydrogen (secondary N) is 1. The van der Waals surface area contributed by atoms with Crippen LogP contribution >= 0.6 is 0 Å². The molecule has 0 aliphatic rings. The summed E-state index contributed by atoms with van der Waals surface area (Å²) >= 11 is 0. The van der Waals surface area contributed by atoms with Crippen LogP contribution in [-0.2, 0) is 11.0 Å². The smallest absolute Gasteiger partial charge is 0.417 e. The van der Waals surface area contributed by atoms with Gasteiger partial charge in [-0.15, -0.1) is 0 Å². The van der Waals surface area contributed by atoms with Gasteiger partial charge in [0.05, 0.1) is 11.7 Å². The van der Waals surface area contributed by atoms with E-state index in [2.05, 4.69) is 4.98 Å². The third kappa shape index (κ3) is 3.92. The maximum Gasteiger partial charge on any atom is 0.417 e. The van der Waals surface area contributed by atoms with Gasteiger partial charge in [-0.05, 0) is 19.1 Å². The van der Waals surface area contributed by atoms with Gasteiger partial charge in [-0.2, -0.15) is 13.2 Å². The van der Waals surface area contributed by atoms with E-state index in [0.29, 0.717) is 12.3 Å². The molecule has 20 heavy (non-hydrogen) atoms. The molecule has 9 heteroatoms. The van der Waals surface area contributed by atoms with Crippen LogP contribution in [0.25, 0.3) is 0 Å². The molecule has 0 aliphatic heterocycles. The van der Waals surface area contributed by atoms with Crippen LogP contribution in [0.4, 0.5) is 13.2 Å². The van der Waals surface area contributed by atoms with Crippen molar-refractivity contribution in [2.24, 2.45) is 0 Å². The number of rotatable bonds is 4. The molecule has 2 atom stereocenters. The number of aliphatic hydroxyl groups is 1. The molecule has 1 rings (SSSR count). The lowest BCUT2D eigenvalue weighted by Gasteiger charge is -2.16. The van der Waals surface area contributed by atoms with Gasteiger partial charge >= 0.3 is 12.1 Å². The Morgan fingerprint density at radius 1 is 1.35 bits per heavy atom. The Bertz CT molecular complexity index is 499. The zero-order valence-corrected chi connectivity index (χ0v) is 10.2. The summed E-state index contributed by atoms with van der Waals surface area (Å²) in [6.45, 7) is 1.15. The van der Waals surface area contributed by atoms with Crippen LogP contribution in [-0.4, -0.2) is 39.2 Å². The molecule has 0 saturated carbocycles. The average Bonchev–Trinajstić information content (AvgIpc) is 2.34. The van der Waals surface area contributed by atoms with Crippen molar-refractivity contribution in [2.45, 2.75) is 25.2 Å². The SMILES string of the molecule is C[C@@H](O)[C@H](NC(=O)c1ccc(C(F)(F)F)cn1)C(=O)O. The number of pyridine rings is 1. The van der Waals surface area contributed by atoms with Crippen molar-refractivity contribution >= 4 is 11.9 Å². The summed E-state index contributed by atoms with van der Waals surface area (Å²) in [6.07, 6.45) is -5.48. The minimum Gasteiger partial charge on any atom is -0.480 e. The summed E-state index contributed by atoms with van der Waals surface area (Å²) in [4.78, 5) is 25.7. The molecule has 110 valence electrons. The van der Waals surface area contributed by atoms with E-state index in [0.717, 1.165) is 13.0 Å². The van der Waals surface area contributed by atoms with Crippen molar-refractivity contribution in [1.82, 2.24) is 10.3 Å². The Morgan fingerprint density at radius 2 is 1.95 bits per heavy atom. The molecule has 3 N–H and O–H groups in total. The second kappa shape index (κ2) is 5.87. The molecule has 0 saturated heterocycles. The van der Waals surface area contributed by atoms with Crippen molar-refractivity contribution in [2.75, 3.05) is 0 Å². The molecule has 0 fully saturated rings. The van der Waals surface area contributed by atoms with E-state index in [1.807, 2.05) is 5.32 Å². The first kappa shape index (κ1) is 15.9. The van der Waals surface area contributed by atoms with E-state index in [1.165, 1.54) is 0 Å². The number of hydrogen-bond donors (Lipinski definition) is 3. The van der Waals surface area contributed by atoms with Crippen LogP contribution in [0.3, 0.4) is 0 Å². The van der Waals surface area contributed by atoms with Gasteiger partial charge in [0.1, 0.15) is 5.69 Å². The van der Waals surface area contributed by atoms with E-state index in [1.54, 1.807) is 0 Å². The first-order chi connectivity index (χ1) is 9.12. The molecule has 1 aromatic rings. The summed E-state index contributed by atoms with van der Waals surface area (Å²) in [5, 5.41) is 19.9. The zero-order chi connectivity index (χ0) is 15.5. The van der Waals surface area contributed by atoms with Gasteiger partial charge in [0.15, 0.2) is 6.04 Å². The summed E-state index contributed by atoms with van der Waals surface area (Å²) in [5.41, 5.74) is -1.41. The average molecular weight is 292 g/mol. The highest BCUT2D eigenvalue weighted by atomic mass is 19.4. The molecule has 6 nitrogen and oxygen atoms in total. The lowest BCUT2D eigenvalue weighted by molar-refractivity contribution is -0.142. The van der Waals surface area contributed by atoms with Gasteiger partial charge in [-0.3, -0.25) is 9.78 Å². The molecule has 0 bridgehead atoms. The molecule has 0 aromatic carbocycles. The molecule has 1 amide bonds. The van der Waals surface area contributed by atoms with E-state index < -0.39 is 35.8 Å². The van der Waals surface area contributed by atoms with Crippen LogP contribution in [0.5, 0.6) is 0 Å². The highest BCUT2D eigenvalue weighted by Gasteiger charge is 2.31. The Hall–Kier alpha value is -2.16. The third-order valence-electron chi connectivity index (χ3n) is 2.36. The minimum atomic E-state index is -4.58. The fraction of sp³-hybridized carbons (Fsp3) is 0.364. The maximum absolute atomic E-state index is 12.3. The number of hydrogen-bond acceptors (Lipinski definition) is 4. The number of amides is 1. The van der Waals surface area contributed by atoms with Crippen LogP contribution < -0.4 is 5.32 Å². The quantitative estimate of drug-likeness (QED) is 0.757. The number of aliphatic carboxylic acids is 1. The van der Waals surface area contributed by atoms with Crippen LogP contribution in [0.15, 0.2) is 18.3 Å². The topological polar surface area (TPSA) is 99.5 Å². The number of aliphatic hydroxyl groups excluding tert-OH is 1. The van der Waals surface area contributed by atoms with E-state index in [9.17, 15) is 22.8 Å². The van der Waals surface area contributed by atoms with Gasteiger partial charge in [0.25, 0.3) is 5.91 Å². The highest BCUT2D eigenvalue weighted by Crippen LogP contribution is 2.28. The largest absolute Gasteiger partial charge is 0.480 e. The predicted molar refractivity (Wildman–Crippen MR) is 59.8 cm³/mol. The number of carbonyl (C=O) groups excluding carboxylic acids is 1. The van der Waals surface area contributed by atoms with Gasteiger partial charge in [0, 0.05) is 6.20 Å². The second-order valence-electron chi connectivity index (χ2n) is 3.96. The van der Waals surface area contributed by atoms with Crippen molar-refractivity contribution in [3.8, 4) is 0 Å². The Kier molecular flexibility index (Phi) is 4.66. The summed E-state index contributed by atoms with van der Waals surface area (Å²) in [5.74, 6) is -2.47. The first-order valence-electron chi connectivity index (χ1n) is 5.38. The number of aromatic nitrogens is 1. The molecule has 0 aliphatic carbocycles. The summed E-state index contributed by atoms with van der Waals surface area (Å²) in [6, 6.07) is -0.106. The number of carboxylic acid groups (broad SMARTS) is 1. The molecule has 1 aromatic heterocycles. The number of nitrogens with zero attached hydrogens (tertiary/aromatic N) is 1. The van der Waals surface area contributed by atoms with Crippen LogP contribution in [0.2, 0.25) is 0 Å². The maximum atomic E-state index is 12.3. The number of carboxylic acids is 1. The predicted octanol–water partition coefficient (Wildman–Crippen LogP) is 0.664. The Balaban J connectivity index is 2.85. The molecule has 1 heterocycles. The van der Waals surface area contributed by atoms with Gasteiger partial charge in [0.2, 0.25) is 0 Å². The van der Waals surface area contributed by atoms with Crippen molar-refractivity contribution in [1.29, 1.82) is 0 Å². The summed E-state index contributed by atoms with van der Waals surface area (Å²) < 4.78 is 36.9. The number of alkyl halides is 3. The van der Waals surface area contributed by atoms with Gasteiger partial charge in [-0.25, -0.2) is 4.79 Å². The van der Waals surface area contributed by atoms with Crippen LogP contribution in [0, 0.1) is 0 Å². The van der Waals surface area contributed by atoms with Crippen molar-refractivity contribution in [3.05, 3.63) is 29.6 Å². The Morgan fingerprint density at radius 3 is 2.30 bits per heavy atom. The highest BCUT2D eigenvalue weighted by molar-refractivity contribution is 5.95. The van der Waals surface area contributed by atoms with Crippen LogP contribution in [0.1, 0.15) is 23.0 Å². The minimum absolute atomic E-state index is 0.384. The number of halogens is 3. The van der Waals surface area contributed by atoms with Crippen molar-refractivity contribution < 1.29 is 33.0 Å². The molecule has 0 spiro atoms. The molecule has 0 unspecified atom stereocenters. The molecular weight excluding hydrogens is 281 g/mol. The number of carbonyl (C=O) groups is 2. The van der Waals surface area contributed by atoms with Gasteiger partial charge < -0.3 is 15.5 Å². The lowest BCUT2D eigenvalue weighted by atomic mass is 10.1. The third-order valence-corrected chi connectivity index (χ3v) is 2.36. The van der Waals surface area contributed by atoms with Gasteiger partial charge in [-0.1, -0.05) is 0 Å². The lowest BCUT2D eigenvalue weighted by Crippen LogP contribution is -2.47. The Labute approximate surface area is 111 Å². The monoisotopic (exact) mass is 292 g/mol. The van der Waals surface area contributed by atoms with E-state index >= 15 is 0 Å². The zero-order valence-electron chi connectivity index (χ0n) is 10.2.